The highest BCUT2D eigenvalue weighted by Gasteiger charge is 2.15. The maximum absolute atomic E-state index is 5.48. The van der Waals surface area contributed by atoms with Gasteiger partial charge in [-0.3, -0.25) is 5.43 Å². The van der Waals surface area contributed by atoms with E-state index in [0.29, 0.717) is 12.5 Å². The minimum absolute atomic E-state index is 0.211. The van der Waals surface area contributed by atoms with E-state index in [4.69, 9.17) is 15.3 Å². The van der Waals surface area contributed by atoms with Gasteiger partial charge in [0.2, 0.25) is 11.9 Å². The zero-order chi connectivity index (χ0) is 12.1. The summed E-state index contributed by atoms with van der Waals surface area (Å²) in [6.07, 6.45) is 2.37. The number of methoxy groups -OCH3 is 1. The molecule has 1 aliphatic heterocycles. The molecule has 0 radical (unpaired) electrons. The van der Waals surface area contributed by atoms with Gasteiger partial charge in [0.25, 0.3) is 0 Å². The van der Waals surface area contributed by atoms with Crippen LogP contribution < -0.4 is 21.3 Å². The zero-order valence-electron chi connectivity index (χ0n) is 9.64. The summed E-state index contributed by atoms with van der Waals surface area (Å²) in [5.41, 5.74) is 2.36. The largest absolute Gasteiger partial charge is 0.467 e. The average molecular weight is 240 g/mol. The Kier molecular flexibility index (Phi) is 3.89. The van der Waals surface area contributed by atoms with E-state index in [-0.39, 0.29) is 18.1 Å². The van der Waals surface area contributed by atoms with Crippen molar-refractivity contribution in [3.63, 3.8) is 0 Å². The Morgan fingerprint density at radius 3 is 2.88 bits per heavy atom. The fourth-order valence-corrected chi connectivity index (χ4v) is 1.60. The number of rotatable bonds is 5. The zero-order valence-corrected chi connectivity index (χ0v) is 9.64. The van der Waals surface area contributed by atoms with Crippen LogP contribution in [0.15, 0.2) is 0 Å². The minimum atomic E-state index is 0.211. The summed E-state index contributed by atoms with van der Waals surface area (Å²) in [6, 6.07) is 0.211. The van der Waals surface area contributed by atoms with Crippen molar-refractivity contribution in [3.8, 4) is 6.01 Å². The first-order valence-corrected chi connectivity index (χ1v) is 5.44. The Hall–Kier alpha value is -1.67. The molecule has 1 unspecified atom stereocenters. The van der Waals surface area contributed by atoms with Crippen molar-refractivity contribution in [2.45, 2.75) is 18.9 Å². The van der Waals surface area contributed by atoms with Gasteiger partial charge in [-0.05, 0) is 12.8 Å². The number of ether oxygens (including phenoxy) is 2. The molecule has 1 aromatic heterocycles. The van der Waals surface area contributed by atoms with Gasteiger partial charge in [0.15, 0.2) is 0 Å². The number of hydrogen-bond donors (Lipinski definition) is 3. The van der Waals surface area contributed by atoms with Crippen molar-refractivity contribution in [1.29, 1.82) is 0 Å². The molecule has 2 rings (SSSR count). The van der Waals surface area contributed by atoms with Crippen molar-refractivity contribution >= 4 is 11.9 Å². The van der Waals surface area contributed by atoms with Gasteiger partial charge in [0, 0.05) is 13.2 Å². The number of anilines is 2. The van der Waals surface area contributed by atoms with Crippen LogP contribution in [0.4, 0.5) is 11.9 Å². The van der Waals surface area contributed by atoms with Crippen molar-refractivity contribution < 1.29 is 9.47 Å². The summed E-state index contributed by atoms with van der Waals surface area (Å²) in [5, 5.41) is 3.07. The van der Waals surface area contributed by atoms with E-state index in [2.05, 4.69) is 25.7 Å². The van der Waals surface area contributed by atoms with Gasteiger partial charge in [0.05, 0.1) is 13.2 Å². The number of hydrogen-bond acceptors (Lipinski definition) is 8. The molecular formula is C9H16N6O2. The number of nitrogens with zero attached hydrogens (tertiary/aromatic N) is 3. The summed E-state index contributed by atoms with van der Waals surface area (Å²) in [7, 11) is 1.49. The topological polar surface area (TPSA) is 107 Å². The highest BCUT2D eigenvalue weighted by molar-refractivity contribution is 5.34. The van der Waals surface area contributed by atoms with Gasteiger partial charge in [-0.25, -0.2) is 5.84 Å². The van der Waals surface area contributed by atoms with E-state index in [0.717, 1.165) is 19.4 Å². The average Bonchev–Trinajstić information content (AvgIpc) is 2.89. The highest BCUT2D eigenvalue weighted by atomic mass is 16.5. The molecule has 1 fully saturated rings. The van der Waals surface area contributed by atoms with Crippen molar-refractivity contribution in [2.24, 2.45) is 5.84 Å². The van der Waals surface area contributed by atoms with E-state index in [1.54, 1.807) is 0 Å². The molecule has 1 aliphatic rings. The SMILES string of the molecule is COc1nc(NN)nc(NCC2CCCO2)n1. The van der Waals surface area contributed by atoms with Crippen molar-refractivity contribution in [1.82, 2.24) is 15.0 Å². The number of nitrogens with two attached hydrogens (primary N) is 1. The van der Waals surface area contributed by atoms with Crippen LogP contribution in [-0.4, -0.2) is 41.3 Å². The third kappa shape index (κ3) is 3.14. The Morgan fingerprint density at radius 1 is 1.41 bits per heavy atom. The maximum Gasteiger partial charge on any atom is 0.322 e. The fraction of sp³-hybridized carbons (Fsp3) is 0.667. The standard InChI is InChI=1S/C9H16N6O2/c1-16-9-13-7(12-8(14-9)15-10)11-5-6-3-2-4-17-6/h6H,2-5,10H2,1H3,(H2,11,12,13,14,15). The van der Waals surface area contributed by atoms with E-state index in [9.17, 15) is 0 Å². The molecule has 0 amide bonds. The Balaban J connectivity index is 1.98. The van der Waals surface area contributed by atoms with Gasteiger partial charge in [0.1, 0.15) is 0 Å². The van der Waals surface area contributed by atoms with Crippen LogP contribution in [0.2, 0.25) is 0 Å². The summed E-state index contributed by atoms with van der Waals surface area (Å²) < 4.78 is 10.4. The van der Waals surface area contributed by atoms with Crippen molar-refractivity contribution in [2.75, 3.05) is 31.0 Å². The molecule has 1 atom stereocenters. The lowest BCUT2D eigenvalue weighted by atomic mass is 10.2. The first-order valence-electron chi connectivity index (χ1n) is 5.44. The monoisotopic (exact) mass is 240 g/mol. The van der Waals surface area contributed by atoms with Crippen molar-refractivity contribution in [3.05, 3.63) is 0 Å². The summed E-state index contributed by atoms with van der Waals surface area (Å²) >= 11 is 0. The summed E-state index contributed by atoms with van der Waals surface area (Å²) in [4.78, 5) is 12.0. The van der Waals surface area contributed by atoms with Gasteiger partial charge in [-0.2, -0.15) is 15.0 Å². The maximum atomic E-state index is 5.48. The van der Waals surface area contributed by atoms with Crippen LogP contribution >= 0.6 is 0 Å². The molecule has 0 aliphatic carbocycles. The van der Waals surface area contributed by atoms with E-state index >= 15 is 0 Å². The van der Waals surface area contributed by atoms with Crippen LogP contribution in [0.5, 0.6) is 6.01 Å². The quantitative estimate of drug-likeness (QED) is 0.478. The van der Waals surface area contributed by atoms with Gasteiger partial charge < -0.3 is 14.8 Å². The van der Waals surface area contributed by atoms with E-state index in [1.807, 2.05) is 0 Å². The fourth-order valence-electron chi connectivity index (χ4n) is 1.60. The van der Waals surface area contributed by atoms with Gasteiger partial charge >= 0.3 is 6.01 Å². The van der Waals surface area contributed by atoms with Crippen LogP contribution in [0, 0.1) is 0 Å². The molecule has 0 saturated carbocycles. The van der Waals surface area contributed by atoms with Crippen LogP contribution in [0.3, 0.4) is 0 Å². The third-order valence-electron chi connectivity index (χ3n) is 2.44. The molecule has 2 heterocycles. The Labute approximate surface area is 98.9 Å². The number of hydrazine groups is 1. The molecular weight excluding hydrogens is 224 g/mol. The second-order valence-electron chi connectivity index (χ2n) is 3.63. The predicted octanol–water partition coefficient (Wildman–Crippen LogP) is -0.243. The second kappa shape index (κ2) is 5.60. The number of aromatic nitrogens is 3. The van der Waals surface area contributed by atoms with Crippen LogP contribution in [0.25, 0.3) is 0 Å². The molecule has 1 aromatic rings. The van der Waals surface area contributed by atoms with Crippen LogP contribution in [-0.2, 0) is 4.74 Å². The van der Waals surface area contributed by atoms with E-state index in [1.165, 1.54) is 7.11 Å². The molecule has 94 valence electrons. The molecule has 8 heteroatoms. The molecule has 8 nitrogen and oxygen atoms in total. The summed E-state index contributed by atoms with van der Waals surface area (Å²) in [5.74, 6) is 5.92. The predicted molar refractivity (Wildman–Crippen MR) is 61.7 cm³/mol. The highest BCUT2D eigenvalue weighted by Crippen LogP contribution is 2.14. The number of nitrogen functional groups attached to an aromatic ring is 1. The Bertz CT molecular complexity index is 346. The van der Waals surface area contributed by atoms with Gasteiger partial charge in [-0.15, -0.1) is 0 Å². The third-order valence-corrected chi connectivity index (χ3v) is 2.44. The molecule has 0 aromatic carbocycles. The first kappa shape index (κ1) is 11.8. The molecule has 0 bridgehead atoms. The lowest BCUT2D eigenvalue weighted by molar-refractivity contribution is 0.120. The lowest BCUT2D eigenvalue weighted by Crippen LogP contribution is -2.21. The second-order valence-corrected chi connectivity index (χ2v) is 3.63. The lowest BCUT2D eigenvalue weighted by Gasteiger charge is -2.11. The smallest absolute Gasteiger partial charge is 0.322 e. The minimum Gasteiger partial charge on any atom is -0.467 e. The molecule has 4 N–H and O–H groups in total. The first-order chi connectivity index (χ1) is 8.31. The van der Waals surface area contributed by atoms with E-state index < -0.39 is 0 Å². The van der Waals surface area contributed by atoms with Crippen LogP contribution in [0.1, 0.15) is 12.8 Å². The molecule has 0 spiro atoms. The molecule has 1 saturated heterocycles. The molecule has 17 heavy (non-hydrogen) atoms. The Morgan fingerprint density at radius 2 is 2.24 bits per heavy atom. The summed E-state index contributed by atoms with van der Waals surface area (Å²) in [6.45, 7) is 1.49. The van der Waals surface area contributed by atoms with Gasteiger partial charge in [-0.1, -0.05) is 0 Å². The normalized spacial score (nSPS) is 19.1. The number of nitrogens with one attached hydrogen (secondary N) is 2.